The highest BCUT2D eigenvalue weighted by molar-refractivity contribution is 7.89. The Morgan fingerprint density at radius 1 is 1.50 bits per heavy atom. The van der Waals surface area contributed by atoms with E-state index in [0.717, 1.165) is 18.9 Å². The van der Waals surface area contributed by atoms with E-state index in [2.05, 4.69) is 4.72 Å². The number of nitrogens with one attached hydrogen (secondary N) is 1. The molecule has 0 aliphatic heterocycles. The van der Waals surface area contributed by atoms with Crippen LogP contribution in [0.5, 0.6) is 0 Å². The zero-order valence-corrected chi connectivity index (χ0v) is 12.6. The van der Waals surface area contributed by atoms with Crippen molar-refractivity contribution in [1.82, 2.24) is 4.72 Å². The van der Waals surface area contributed by atoms with E-state index >= 15 is 0 Å². The summed E-state index contributed by atoms with van der Waals surface area (Å²) in [6.07, 6.45) is 2.23. The van der Waals surface area contributed by atoms with Crippen LogP contribution in [-0.2, 0) is 16.6 Å². The number of halogens is 2. The van der Waals surface area contributed by atoms with Gasteiger partial charge in [-0.05, 0) is 36.8 Å². The normalized spacial score (nSPS) is 17.2. The van der Waals surface area contributed by atoms with Crippen molar-refractivity contribution in [3.8, 4) is 0 Å². The van der Waals surface area contributed by atoms with Crippen LogP contribution in [-0.4, -0.2) is 20.1 Å². The summed E-state index contributed by atoms with van der Waals surface area (Å²) in [4.78, 5) is -0.517. The molecule has 1 aromatic carbocycles. The Morgan fingerprint density at radius 3 is 2.70 bits per heavy atom. The van der Waals surface area contributed by atoms with Crippen LogP contribution >= 0.6 is 11.6 Å². The number of benzene rings is 1. The number of hydrogen-bond donors (Lipinski definition) is 2. The van der Waals surface area contributed by atoms with Gasteiger partial charge in [0.2, 0.25) is 10.0 Å². The summed E-state index contributed by atoms with van der Waals surface area (Å²) in [5.41, 5.74) is -0.131. The van der Waals surface area contributed by atoms with Gasteiger partial charge >= 0.3 is 0 Å². The molecular formula is C13H17ClFNO3S. The van der Waals surface area contributed by atoms with Crippen LogP contribution in [0.2, 0.25) is 5.02 Å². The minimum absolute atomic E-state index is 0.0751. The SMILES string of the molecule is CC(CNS(=O)(=O)c1cc(Cl)cc(CO)c1F)C1CC1. The molecule has 1 aromatic rings. The Bertz CT molecular complexity index is 602. The van der Waals surface area contributed by atoms with Gasteiger partial charge in [0.05, 0.1) is 6.61 Å². The van der Waals surface area contributed by atoms with E-state index in [9.17, 15) is 12.8 Å². The third kappa shape index (κ3) is 3.49. The van der Waals surface area contributed by atoms with Gasteiger partial charge in [-0.1, -0.05) is 18.5 Å². The van der Waals surface area contributed by atoms with Gasteiger partial charge in [0, 0.05) is 17.1 Å². The van der Waals surface area contributed by atoms with Crippen LogP contribution < -0.4 is 4.72 Å². The Hall–Kier alpha value is -0.690. The van der Waals surface area contributed by atoms with Crippen molar-refractivity contribution in [3.05, 3.63) is 28.5 Å². The molecule has 7 heteroatoms. The van der Waals surface area contributed by atoms with Crippen LogP contribution in [0, 0.1) is 17.7 Å². The third-order valence-electron chi connectivity index (χ3n) is 3.56. The lowest BCUT2D eigenvalue weighted by Gasteiger charge is -2.13. The van der Waals surface area contributed by atoms with E-state index in [1.165, 1.54) is 6.07 Å². The molecule has 1 saturated carbocycles. The van der Waals surface area contributed by atoms with E-state index in [1.54, 1.807) is 0 Å². The standard InChI is InChI=1S/C13H17ClFNO3S/c1-8(9-2-3-9)6-16-20(18,19)12-5-11(14)4-10(7-17)13(12)15/h4-5,8-9,16-17H,2-3,6-7H2,1H3. The molecule has 0 bridgehead atoms. The van der Waals surface area contributed by atoms with E-state index in [4.69, 9.17) is 16.7 Å². The molecule has 1 aliphatic carbocycles. The van der Waals surface area contributed by atoms with E-state index in [0.29, 0.717) is 5.92 Å². The topological polar surface area (TPSA) is 66.4 Å². The third-order valence-corrected chi connectivity index (χ3v) is 5.20. The van der Waals surface area contributed by atoms with Gasteiger partial charge < -0.3 is 5.11 Å². The van der Waals surface area contributed by atoms with Crippen molar-refractivity contribution in [2.24, 2.45) is 11.8 Å². The first-order valence-corrected chi connectivity index (χ1v) is 8.29. The van der Waals surface area contributed by atoms with Crippen molar-refractivity contribution in [3.63, 3.8) is 0 Å². The quantitative estimate of drug-likeness (QED) is 0.845. The number of hydrogen-bond acceptors (Lipinski definition) is 3. The van der Waals surface area contributed by atoms with Gasteiger partial charge in [0.25, 0.3) is 0 Å². The molecular weight excluding hydrogens is 305 g/mol. The van der Waals surface area contributed by atoms with Crippen LogP contribution in [0.25, 0.3) is 0 Å². The molecule has 1 atom stereocenters. The van der Waals surface area contributed by atoms with Crippen molar-refractivity contribution in [2.45, 2.75) is 31.3 Å². The van der Waals surface area contributed by atoms with Gasteiger partial charge in [0.15, 0.2) is 0 Å². The molecule has 20 heavy (non-hydrogen) atoms. The van der Waals surface area contributed by atoms with E-state index < -0.39 is 27.3 Å². The van der Waals surface area contributed by atoms with Crippen LogP contribution in [0.15, 0.2) is 17.0 Å². The van der Waals surface area contributed by atoms with Crippen molar-refractivity contribution >= 4 is 21.6 Å². The number of aliphatic hydroxyl groups excluding tert-OH is 1. The number of rotatable bonds is 6. The molecule has 0 aromatic heterocycles. The first kappa shape index (κ1) is 15.7. The van der Waals surface area contributed by atoms with E-state index in [1.807, 2.05) is 6.92 Å². The smallest absolute Gasteiger partial charge is 0.243 e. The lowest BCUT2D eigenvalue weighted by atomic mass is 10.1. The molecule has 1 unspecified atom stereocenters. The fraction of sp³-hybridized carbons (Fsp3) is 0.538. The Labute approximate surface area is 123 Å². The largest absolute Gasteiger partial charge is 0.392 e. The summed E-state index contributed by atoms with van der Waals surface area (Å²) in [7, 11) is -3.97. The summed E-state index contributed by atoms with van der Waals surface area (Å²) in [5, 5.41) is 9.09. The van der Waals surface area contributed by atoms with E-state index in [-0.39, 0.29) is 23.0 Å². The highest BCUT2D eigenvalue weighted by atomic mass is 35.5. The summed E-state index contributed by atoms with van der Waals surface area (Å²) >= 11 is 5.76. The summed E-state index contributed by atoms with van der Waals surface area (Å²) in [6, 6.07) is 2.27. The van der Waals surface area contributed by atoms with Gasteiger partial charge in [-0.2, -0.15) is 0 Å². The first-order valence-electron chi connectivity index (χ1n) is 6.43. The second-order valence-electron chi connectivity index (χ2n) is 5.20. The molecule has 2 N–H and O–H groups in total. The summed E-state index contributed by atoms with van der Waals surface area (Å²) in [5.74, 6) is -0.178. The minimum atomic E-state index is -3.97. The predicted octanol–water partition coefficient (Wildman–Crippen LogP) is 2.30. The Balaban J connectivity index is 2.22. The second-order valence-corrected chi connectivity index (χ2v) is 7.37. The van der Waals surface area contributed by atoms with Crippen LogP contribution in [0.1, 0.15) is 25.3 Å². The average Bonchev–Trinajstić information content (AvgIpc) is 3.22. The first-order chi connectivity index (χ1) is 9.35. The summed E-state index contributed by atoms with van der Waals surface area (Å²) < 4.78 is 40.7. The maximum absolute atomic E-state index is 14.0. The predicted molar refractivity (Wildman–Crippen MR) is 74.4 cm³/mol. The van der Waals surface area contributed by atoms with Crippen molar-refractivity contribution in [1.29, 1.82) is 0 Å². The highest BCUT2D eigenvalue weighted by Gasteiger charge is 2.29. The second kappa shape index (κ2) is 5.97. The molecule has 0 spiro atoms. The van der Waals surface area contributed by atoms with Gasteiger partial charge in [-0.3, -0.25) is 0 Å². The summed E-state index contributed by atoms with van der Waals surface area (Å²) in [6.45, 7) is 1.63. The minimum Gasteiger partial charge on any atom is -0.392 e. The van der Waals surface area contributed by atoms with Crippen molar-refractivity contribution < 1.29 is 17.9 Å². The molecule has 1 aliphatic rings. The maximum atomic E-state index is 14.0. The number of sulfonamides is 1. The molecule has 0 saturated heterocycles. The average molecular weight is 322 g/mol. The molecule has 2 rings (SSSR count). The Kier molecular flexibility index (Phi) is 4.69. The lowest BCUT2D eigenvalue weighted by molar-refractivity contribution is 0.274. The van der Waals surface area contributed by atoms with Gasteiger partial charge in [-0.15, -0.1) is 0 Å². The monoisotopic (exact) mass is 321 g/mol. The maximum Gasteiger partial charge on any atom is 0.243 e. The zero-order chi connectivity index (χ0) is 14.9. The molecule has 0 radical (unpaired) electrons. The van der Waals surface area contributed by atoms with Gasteiger partial charge in [0.1, 0.15) is 10.7 Å². The highest BCUT2D eigenvalue weighted by Crippen LogP contribution is 2.36. The molecule has 0 amide bonds. The zero-order valence-electron chi connectivity index (χ0n) is 11.1. The fourth-order valence-corrected chi connectivity index (χ4v) is 3.67. The van der Waals surface area contributed by atoms with Crippen LogP contribution in [0.4, 0.5) is 4.39 Å². The molecule has 4 nitrogen and oxygen atoms in total. The van der Waals surface area contributed by atoms with Crippen molar-refractivity contribution in [2.75, 3.05) is 6.54 Å². The Morgan fingerprint density at radius 2 is 2.15 bits per heavy atom. The van der Waals surface area contributed by atoms with Crippen LogP contribution in [0.3, 0.4) is 0 Å². The van der Waals surface area contributed by atoms with Gasteiger partial charge in [-0.25, -0.2) is 17.5 Å². The molecule has 0 heterocycles. The molecule has 112 valence electrons. The fourth-order valence-electron chi connectivity index (χ4n) is 2.08. The lowest BCUT2D eigenvalue weighted by Crippen LogP contribution is -2.30. The molecule has 1 fully saturated rings. The number of aliphatic hydroxyl groups is 1.